The fourth-order valence-electron chi connectivity index (χ4n) is 4.55. The molecule has 1 aliphatic heterocycles. The van der Waals surface area contributed by atoms with Crippen LogP contribution in [0.4, 0.5) is 5.95 Å². The minimum atomic E-state index is 0.103. The minimum Gasteiger partial charge on any atom is -0.368 e. The molecule has 2 aromatic heterocycles. The van der Waals surface area contributed by atoms with Gasteiger partial charge in [-0.15, -0.1) is 0 Å². The number of carbonyl (C=O) groups is 1. The Morgan fingerprint density at radius 2 is 2.00 bits per heavy atom. The number of hydrogen-bond donors (Lipinski definition) is 2. The molecule has 4 aromatic rings. The smallest absolute Gasteiger partial charge is 0.227 e. The highest BCUT2D eigenvalue weighted by atomic mass is 35.5. The van der Waals surface area contributed by atoms with Gasteiger partial charge in [0, 0.05) is 52.9 Å². The average Bonchev–Trinajstić information content (AvgIpc) is 3.22. The molecule has 0 spiro atoms. The summed E-state index contributed by atoms with van der Waals surface area (Å²) in [4.78, 5) is 27.2. The molecule has 3 N–H and O–H groups in total. The summed E-state index contributed by atoms with van der Waals surface area (Å²) >= 11 is 6.06. The first kappa shape index (κ1) is 20.5. The van der Waals surface area contributed by atoms with Crippen LogP contribution in [0.15, 0.2) is 60.9 Å². The Morgan fingerprint density at radius 1 is 1.19 bits per heavy atom. The zero-order chi connectivity index (χ0) is 22.1. The first-order valence-corrected chi connectivity index (χ1v) is 11.2. The molecular weight excluding hydrogens is 422 g/mol. The molecule has 32 heavy (non-hydrogen) atoms. The Hall–Kier alpha value is -3.38. The highest BCUT2D eigenvalue weighted by Crippen LogP contribution is 2.34. The van der Waals surface area contributed by atoms with E-state index in [9.17, 15) is 4.79 Å². The number of piperidine rings is 1. The number of nitrogen functional groups attached to an aromatic ring is 1. The van der Waals surface area contributed by atoms with Gasteiger partial charge >= 0.3 is 0 Å². The van der Waals surface area contributed by atoms with Gasteiger partial charge in [-0.3, -0.25) is 4.79 Å². The summed E-state index contributed by atoms with van der Waals surface area (Å²) in [6, 6.07) is 15.7. The summed E-state index contributed by atoms with van der Waals surface area (Å²) in [5.74, 6) is 0.487. The van der Waals surface area contributed by atoms with E-state index >= 15 is 0 Å². The maximum atomic E-state index is 13.2. The number of aromatic amines is 1. The lowest BCUT2D eigenvalue weighted by Gasteiger charge is -2.33. The van der Waals surface area contributed by atoms with Crippen molar-refractivity contribution in [3.8, 4) is 11.1 Å². The number of anilines is 1. The van der Waals surface area contributed by atoms with Crippen LogP contribution in [0.1, 0.15) is 30.0 Å². The molecule has 1 amide bonds. The molecule has 0 saturated carbocycles. The van der Waals surface area contributed by atoms with E-state index in [1.165, 1.54) is 0 Å². The topological polar surface area (TPSA) is 87.9 Å². The highest BCUT2D eigenvalue weighted by Gasteiger charge is 2.28. The fourth-order valence-corrected chi connectivity index (χ4v) is 4.68. The predicted octanol–water partition coefficient (Wildman–Crippen LogP) is 4.81. The van der Waals surface area contributed by atoms with Gasteiger partial charge in [-0.2, -0.15) is 0 Å². The summed E-state index contributed by atoms with van der Waals surface area (Å²) in [5, 5.41) is 1.78. The maximum absolute atomic E-state index is 13.2. The third-order valence-corrected chi connectivity index (χ3v) is 6.42. The predicted molar refractivity (Wildman–Crippen MR) is 127 cm³/mol. The fraction of sp³-hybridized carbons (Fsp3) is 0.240. The lowest BCUT2D eigenvalue weighted by atomic mass is 9.89. The third kappa shape index (κ3) is 4.06. The van der Waals surface area contributed by atoms with Gasteiger partial charge in [0.1, 0.15) is 0 Å². The van der Waals surface area contributed by atoms with Crippen molar-refractivity contribution in [2.24, 2.45) is 0 Å². The number of nitrogens with two attached hydrogens (primary N) is 1. The monoisotopic (exact) mass is 445 g/mol. The number of nitrogens with one attached hydrogen (secondary N) is 1. The third-order valence-electron chi connectivity index (χ3n) is 6.17. The number of aromatic nitrogens is 3. The lowest BCUT2D eigenvalue weighted by Crippen LogP contribution is -2.40. The van der Waals surface area contributed by atoms with Gasteiger partial charge in [0.2, 0.25) is 11.9 Å². The normalized spacial score (nSPS) is 16.4. The van der Waals surface area contributed by atoms with Crippen molar-refractivity contribution in [2.45, 2.75) is 25.2 Å². The number of H-pyrrole nitrogens is 1. The van der Waals surface area contributed by atoms with Crippen molar-refractivity contribution in [2.75, 3.05) is 18.8 Å². The lowest BCUT2D eigenvalue weighted by molar-refractivity contribution is -0.131. The van der Waals surface area contributed by atoms with Gasteiger partial charge in [-0.05, 0) is 42.2 Å². The van der Waals surface area contributed by atoms with Crippen LogP contribution in [-0.2, 0) is 11.2 Å². The summed E-state index contributed by atoms with van der Waals surface area (Å²) in [6.45, 7) is 1.38. The van der Waals surface area contributed by atoms with Crippen LogP contribution in [0, 0.1) is 0 Å². The number of para-hydroxylation sites is 1. The summed E-state index contributed by atoms with van der Waals surface area (Å²) in [7, 11) is 0. The van der Waals surface area contributed by atoms with Crippen LogP contribution in [-0.4, -0.2) is 38.8 Å². The van der Waals surface area contributed by atoms with Crippen LogP contribution in [0.25, 0.3) is 22.0 Å². The molecule has 6 nitrogen and oxygen atoms in total. The van der Waals surface area contributed by atoms with Gasteiger partial charge in [-0.1, -0.05) is 41.9 Å². The standard InChI is InChI=1S/C25H24ClN5O/c26-19-9-7-16(8-10-19)21-14-29-25(27)30-24(21)17-4-3-11-31(15-17)23(32)12-18-13-28-22-6-2-1-5-20(18)22/h1-2,5-10,13-14,17,28H,3-4,11-12,15H2,(H2,27,29,30). The molecular formula is C25H24ClN5O. The van der Waals surface area contributed by atoms with Crippen molar-refractivity contribution in [1.82, 2.24) is 19.9 Å². The molecule has 5 rings (SSSR count). The van der Waals surface area contributed by atoms with Crippen LogP contribution in [0.3, 0.4) is 0 Å². The van der Waals surface area contributed by atoms with Crippen LogP contribution < -0.4 is 5.73 Å². The van der Waals surface area contributed by atoms with Crippen LogP contribution in [0.5, 0.6) is 0 Å². The summed E-state index contributed by atoms with van der Waals surface area (Å²) in [5.41, 5.74) is 10.8. The van der Waals surface area contributed by atoms with Gasteiger partial charge < -0.3 is 15.6 Å². The zero-order valence-electron chi connectivity index (χ0n) is 17.6. The number of hydrogen-bond acceptors (Lipinski definition) is 4. The molecule has 0 bridgehead atoms. The zero-order valence-corrected chi connectivity index (χ0v) is 18.3. The maximum Gasteiger partial charge on any atom is 0.227 e. The number of likely N-dealkylation sites (tertiary alicyclic amines) is 1. The molecule has 1 aliphatic rings. The number of benzene rings is 2. The number of halogens is 1. The molecule has 0 aliphatic carbocycles. The molecule has 162 valence electrons. The van der Waals surface area contributed by atoms with Gasteiger partial charge in [0.15, 0.2) is 0 Å². The molecule has 7 heteroatoms. The second-order valence-corrected chi connectivity index (χ2v) is 8.69. The van der Waals surface area contributed by atoms with Crippen molar-refractivity contribution in [3.63, 3.8) is 0 Å². The second-order valence-electron chi connectivity index (χ2n) is 8.25. The van der Waals surface area contributed by atoms with E-state index in [1.54, 1.807) is 6.20 Å². The molecule has 1 atom stereocenters. The Kier molecular flexibility index (Phi) is 5.53. The van der Waals surface area contributed by atoms with E-state index in [1.807, 2.05) is 53.6 Å². The Labute approximate surface area is 191 Å². The van der Waals surface area contributed by atoms with Gasteiger partial charge in [0.05, 0.1) is 12.1 Å². The number of amides is 1. The number of nitrogens with zero attached hydrogens (tertiary/aromatic N) is 3. The highest BCUT2D eigenvalue weighted by molar-refractivity contribution is 6.30. The molecule has 1 saturated heterocycles. The number of rotatable bonds is 4. The SMILES string of the molecule is Nc1ncc(-c2ccc(Cl)cc2)c(C2CCCN(C(=O)Cc3c[nH]c4ccccc34)C2)n1. The molecule has 2 aromatic carbocycles. The van der Waals surface area contributed by atoms with E-state index in [0.29, 0.717) is 18.0 Å². The summed E-state index contributed by atoms with van der Waals surface area (Å²) in [6.07, 6.45) is 5.97. The molecule has 1 unspecified atom stereocenters. The Bertz CT molecular complexity index is 1270. The van der Waals surface area contributed by atoms with Crippen LogP contribution in [0.2, 0.25) is 5.02 Å². The minimum absolute atomic E-state index is 0.103. The van der Waals surface area contributed by atoms with Gasteiger partial charge in [-0.25, -0.2) is 9.97 Å². The summed E-state index contributed by atoms with van der Waals surface area (Å²) < 4.78 is 0. The molecule has 1 fully saturated rings. The average molecular weight is 446 g/mol. The van der Waals surface area contributed by atoms with E-state index in [4.69, 9.17) is 17.3 Å². The molecule has 3 heterocycles. The quantitative estimate of drug-likeness (QED) is 0.472. The van der Waals surface area contributed by atoms with Gasteiger partial charge in [0.25, 0.3) is 0 Å². The van der Waals surface area contributed by atoms with E-state index < -0.39 is 0 Å². The number of carbonyl (C=O) groups excluding carboxylic acids is 1. The number of fused-ring (bicyclic) bond motifs is 1. The van der Waals surface area contributed by atoms with Crippen molar-refractivity contribution < 1.29 is 4.79 Å². The van der Waals surface area contributed by atoms with E-state index in [2.05, 4.69) is 21.0 Å². The van der Waals surface area contributed by atoms with E-state index in [0.717, 1.165) is 52.7 Å². The van der Waals surface area contributed by atoms with E-state index in [-0.39, 0.29) is 17.8 Å². The largest absolute Gasteiger partial charge is 0.368 e. The van der Waals surface area contributed by atoms with Crippen molar-refractivity contribution >= 4 is 34.4 Å². The second kappa shape index (κ2) is 8.63. The molecule has 0 radical (unpaired) electrons. The first-order valence-electron chi connectivity index (χ1n) is 10.8. The van der Waals surface area contributed by atoms with Crippen LogP contribution >= 0.6 is 11.6 Å². The Balaban J connectivity index is 1.38. The van der Waals surface area contributed by atoms with Crippen molar-refractivity contribution in [1.29, 1.82) is 0 Å². The first-order chi connectivity index (χ1) is 15.6. The van der Waals surface area contributed by atoms with Crippen molar-refractivity contribution in [3.05, 3.63) is 77.2 Å². The Morgan fingerprint density at radius 3 is 2.84 bits per heavy atom.